The summed E-state index contributed by atoms with van der Waals surface area (Å²) in [5, 5.41) is 10.6. The Hall–Kier alpha value is -3.18. The number of Topliss-reactive ketones (excluding diaryl/α,β-unsaturated/α-hetero) is 1. The van der Waals surface area contributed by atoms with Crippen LogP contribution in [0.5, 0.6) is 0 Å². The minimum atomic E-state index is -0.396. The number of hydrogen-bond donors (Lipinski definition) is 3. The van der Waals surface area contributed by atoms with Crippen molar-refractivity contribution < 1.29 is 4.79 Å². The van der Waals surface area contributed by atoms with E-state index >= 15 is 0 Å². The van der Waals surface area contributed by atoms with Gasteiger partial charge in [0.2, 0.25) is 0 Å². The molecule has 5 heteroatoms. The van der Waals surface area contributed by atoms with Crippen molar-refractivity contribution in [2.45, 2.75) is 19.1 Å². The van der Waals surface area contributed by atoms with Gasteiger partial charge in [0.15, 0.2) is 10.9 Å². The lowest BCUT2D eigenvalue weighted by atomic mass is 9.83. The van der Waals surface area contributed by atoms with Crippen molar-refractivity contribution in [3.05, 3.63) is 102 Å². The van der Waals surface area contributed by atoms with Crippen LogP contribution in [-0.2, 0) is 0 Å². The van der Waals surface area contributed by atoms with Gasteiger partial charge in [-0.3, -0.25) is 4.79 Å². The van der Waals surface area contributed by atoms with E-state index in [2.05, 4.69) is 22.9 Å². The van der Waals surface area contributed by atoms with Crippen LogP contribution in [0, 0.1) is 12.8 Å². The predicted molar refractivity (Wildman–Crippen MR) is 121 cm³/mol. The molecule has 1 aliphatic rings. The molecule has 0 amide bonds. The van der Waals surface area contributed by atoms with Crippen LogP contribution in [0.25, 0.3) is 0 Å². The molecule has 1 saturated heterocycles. The molecule has 4 nitrogen and oxygen atoms in total. The molecule has 3 aromatic rings. The first-order valence-corrected chi connectivity index (χ1v) is 10.1. The van der Waals surface area contributed by atoms with Gasteiger partial charge in [0.1, 0.15) is 6.17 Å². The van der Waals surface area contributed by atoms with Crippen molar-refractivity contribution in [3.8, 4) is 0 Å². The third-order valence-electron chi connectivity index (χ3n) is 5.18. The third kappa shape index (κ3) is 4.30. The zero-order valence-corrected chi connectivity index (χ0v) is 16.9. The van der Waals surface area contributed by atoms with Gasteiger partial charge >= 0.3 is 0 Å². The first-order valence-electron chi connectivity index (χ1n) is 9.66. The molecule has 29 heavy (non-hydrogen) atoms. The topological polar surface area (TPSA) is 53.2 Å². The first-order chi connectivity index (χ1) is 14.1. The molecular formula is C24H23N3OS. The maximum atomic E-state index is 13.6. The standard InChI is InChI=1S/C24H23N3OS/c1-16-12-14-19(15-13-16)25-23-20(22(28)18-10-6-3-7-11-18)21(26-24(29)27-23)17-8-4-2-5-9-17/h2-15,20-21,23,25H,1H3,(H2,26,27,29)/t20-,21-,23-/m0/s1. The summed E-state index contributed by atoms with van der Waals surface area (Å²) in [5.74, 6) is -0.334. The Morgan fingerprint density at radius 3 is 2.14 bits per heavy atom. The fourth-order valence-electron chi connectivity index (χ4n) is 3.70. The van der Waals surface area contributed by atoms with Crippen molar-refractivity contribution in [2.24, 2.45) is 5.92 Å². The van der Waals surface area contributed by atoms with E-state index in [0.29, 0.717) is 10.7 Å². The number of benzene rings is 3. The van der Waals surface area contributed by atoms with Gasteiger partial charge in [0.05, 0.1) is 12.0 Å². The molecule has 146 valence electrons. The number of ketones is 1. The number of aryl methyl sites for hydroxylation is 1. The summed E-state index contributed by atoms with van der Waals surface area (Å²) >= 11 is 5.48. The van der Waals surface area contributed by atoms with Crippen molar-refractivity contribution in [1.29, 1.82) is 0 Å². The quantitative estimate of drug-likeness (QED) is 0.436. The van der Waals surface area contributed by atoms with E-state index in [1.165, 1.54) is 5.56 Å². The normalized spacial score (nSPS) is 21.0. The van der Waals surface area contributed by atoms with Crippen LogP contribution in [0.4, 0.5) is 5.69 Å². The number of hydrogen-bond acceptors (Lipinski definition) is 3. The van der Waals surface area contributed by atoms with Gasteiger partial charge in [-0.25, -0.2) is 0 Å². The summed E-state index contributed by atoms with van der Waals surface area (Å²) in [4.78, 5) is 13.6. The van der Waals surface area contributed by atoms with Crippen molar-refractivity contribution in [3.63, 3.8) is 0 Å². The summed E-state index contributed by atoms with van der Waals surface area (Å²) in [5.41, 5.74) is 3.84. The molecular weight excluding hydrogens is 378 g/mol. The van der Waals surface area contributed by atoms with E-state index in [1.807, 2.05) is 84.9 Å². The molecule has 0 aliphatic carbocycles. The second kappa shape index (κ2) is 8.45. The van der Waals surface area contributed by atoms with E-state index in [4.69, 9.17) is 12.2 Å². The highest BCUT2D eigenvalue weighted by Gasteiger charge is 2.41. The van der Waals surface area contributed by atoms with Crippen LogP contribution < -0.4 is 16.0 Å². The van der Waals surface area contributed by atoms with E-state index in [1.54, 1.807) is 0 Å². The van der Waals surface area contributed by atoms with Crippen molar-refractivity contribution in [2.75, 3.05) is 5.32 Å². The van der Waals surface area contributed by atoms with Crippen LogP contribution in [0.15, 0.2) is 84.9 Å². The summed E-state index contributed by atoms with van der Waals surface area (Å²) in [7, 11) is 0. The fraction of sp³-hybridized carbons (Fsp3) is 0.167. The fourth-order valence-corrected chi connectivity index (χ4v) is 3.95. The van der Waals surface area contributed by atoms with E-state index in [0.717, 1.165) is 11.3 Å². The Morgan fingerprint density at radius 2 is 1.48 bits per heavy atom. The number of nitrogens with one attached hydrogen (secondary N) is 3. The summed E-state index contributed by atoms with van der Waals surface area (Å²) in [6, 6.07) is 27.3. The number of carbonyl (C=O) groups excluding carboxylic acids is 1. The molecule has 3 N–H and O–H groups in total. The van der Waals surface area contributed by atoms with Gasteiger partial charge in [-0.05, 0) is 36.8 Å². The molecule has 0 aromatic heterocycles. The lowest BCUT2D eigenvalue weighted by Crippen LogP contribution is -2.61. The van der Waals surface area contributed by atoms with Crippen LogP contribution in [0.3, 0.4) is 0 Å². The molecule has 0 bridgehead atoms. The second-order valence-electron chi connectivity index (χ2n) is 7.25. The summed E-state index contributed by atoms with van der Waals surface area (Å²) in [6.45, 7) is 2.05. The van der Waals surface area contributed by atoms with Gasteiger partial charge < -0.3 is 16.0 Å². The maximum Gasteiger partial charge on any atom is 0.172 e. The van der Waals surface area contributed by atoms with Gasteiger partial charge in [0, 0.05) is 11.3 Å². The number of thiocarbonyl (C=S) groups is 1. The third-order valence-corrected chi connectivity index (χ3v) is 5.42. The Kier molecular flexibility index (Phi) is 5.58. The lowest BCUT2D eigenvalue weighted by Gasteiger charge is -2.40. The average molecular weight is 402 g/mol. The van der Waals surface area contributed by atoms with Crippen molar-refractivity contribution >= 4 is 28.8 Å². The smallest absolute Gasteiger partial charge is 0.172 e. The van der Waals surface area contributed by atoms with Crippen LogP contribution >= 0.6 is 12.2 Å². The molecule has 0 saturated carbocycles. The molecule has 1 aliphatic heterocycles. The zero-order valence-electron chi connectivity index (χ0n) is 16.1. The summed E-state index contributed by atoms with van der Waals surface area (Å²) in [6.07, 6.45) is -0.343. The SMILES string of the molecule is Cc1ccc(N[C@H]2NC(=S)N[C@@H](c3ccccc3)[C@H]2C(=O)c2ccccc2)cc1. The highest BCUT2D eigenvalue weighted by Crippen LogP contribution is 2.31. The predicted octanol–water partition coefficient (Wildman–Crippen LogP) is 4.45. The number of carbonyl (C=O) groups is 1. The maximum absolute atomic E-state index is 13.6. The minimum absolute atomic E-state index is 0.0616. The average Bonchev–Trinajstić information content (AvgIpc) is 2.76. The molecule has 1 heterocycles. The Bertz CT molecular complexity index is 990. The lowest BCUT2D eigenvalue weighted by molar-refractivity contribution is 0.0862. The molecule has 3 aromatic carbocycles. The molecule has 0 unspecified atom stereocenters. The largest absolute Gasteiger partial charge is 0.365 e. The first kappa shape index (κ1) is 19.2. The van der Waals surface area contributed by atoms with Crippen LogP contribution in [0.2, 0.25) is 0 Å². The number of anilines is 1. The highest BCUT2D eigenvalue weighted by molar-refractivity contribution is 7.80. The Balaban J connectivity index is 1.73. The summed E-state index contributed by atoms with van der Waals surface area (Å²) < 4.78 is 0. The monoisotopic (exact) mass is 401 g/mol. The molecule has 4 rings (SSSR count). The Morgan fingerprint density at radius 1 is 0.862 bits per heavy atom. The van der Waals surface area contributed by atoms with Gasteiger partial charge in [-0.15, -0.1) is 0 Å². The zero-order chi connectivity index (χ0) is 20.2. The number of rotatable bonds is 5. The molecule has 1 fully saturated rings. The van der Waals surface area contributed by atoms with E-state index in [-0.39, 0.29) is 18.0 Å². The van der Waals surface area contributed by atoms with Gasteiger partial charge in [-0.2, -0.15) is 0 Å². The van der Waals surface area contributed by atoms with Crippen LogP contribution in [0.1, 0.15) is 27.5 Å². The highest BCUT2D eigenvalue weighted by atomic mass is 32.1. The van der Waals surface area contributed by atoms with E-state index in [9.17, 15) is 4.79 Å². The molecule has 0 radical (unpaired) electrons. The Labute approximate surface area is 176 Å². The van der Waals surface area contributed by atoms with E-state index < -0.39 is 5.92 Å². The van der Waals surface area contributed by atoms with Gasteiger partial charge in [-0.1, -0.05) is 78.4 Å². The minimum Gasteiger partial charge on any atom is -0.365 e. The van der Waals surface area contributed by atoms with Crippen LogP contribution in [-0.4, -0.2) is 17.1 Å². The van der Waals surface area contributed by atoms with Crippen molar-refractivity contribution in [1.82, 2.24) is 10.6 Å². The van der Waals surface area contributed by atoms with Gasteiger partial charge in [0.25, 0.3) is 0 Å². The second-order valence-corrected chi connectivity index (χ2v) is 7.66. The molecule has 3 atom stereocenters. The molecule has 0 spiro atoms.